The van der Waals surface area contributed by atoms with Crippen molar-refractivity contribution in [2.45, 2.75) is 32.2 Å². The minimum atomic E-state index is -0.245. The molecule has 0 fully saturated rings. The molecule has 0 spiro atoms. The Bertz CT molecular complexity index is 1070. The van der Waals surface area contributed by atoms with Gasteiger partial charge >= 0.3 is 0 Å². The number of allylic oxidation sites excluding steroid dienone is 1. The molecule has 0 saturated heterocycles. The third kappa shape index (κ3) is 3.35. The van der Waals surface area contributed by atoms with Crippen LogP contribution in [0.1, 0.15) is 24.8 Å². The van der Waals surface area contributed by atoms with Crippen molar-refractivity contribution in [2.24, 2.45) is 0 Å². The molecule has 3 aromatic rings. The summed E-state index contributed by atoms with van der Waals surface area (Å²) in [6.45, 7) is 1.89. The molecule has 0 aliphatic heterocycles. The summed E-state index contributed by atoms with van der Waals surface area (Å²) in [5, 5.41) is 18.8. The van der Waals surface area contributed by atoms with E-state index in [0.717, 1.165) is 52.9 Å². The molecule has 7 heteroatoms. The molecule has 6 nitrogen and oxygen atoms in total. The van der Waals surface area contributed by atoms with Crippen LogP contribution in [0.15, 0.2) is 47.8 Å². The average molecular weight is 378 g/mol. The van der Waals surface area contributed by atoms with E-state index in [1.165, 1.54) is 18.3 Å². The molecule has 2 aromatic heterocycles. The second kappa shape index (κ2) is 7.42. The van der Waals surface area contributed by atoms with Gasteiger partial charge < -0.3 is 16.0 Å². The molecule has 2 heterocycles. The van der Waals surface area contributed by atoms with E-state index in [2.05, 4.69) is 15.7 Å². The predicted octanol–water partition coefficient (Wildman–Crippen LogP) is 3.93. The Labute approximate surface area is 163 Å². The first-order valence-electron chi connectivity index (χ1n) is 9.37. The van der Waals surface area contributed by atoms with Gasteiger partial charge in [0.05, 0.1) is 0 Å². The van der Waals surface area contributed by atoms with Crippen molar-refractivity contribution in [3.8, 4) is 11.1 Å². The van der Waals surface area contributed by atoms with Gasteiger partial charge in [-0.1, -0.05) is 6.07 Å². The zero-order chi connectivity index (χ0) is 19.7. The molecular formula is C21H23FN6. The summed E-state index contributed by atoms with van der Waals surface area (Å²) in [5.74, 6) is 0.319. The molecule has 28 heavy (non-hydrogen) atoms. The molecule has 3 N–H and O–H groups in total. The summed E-state index contributed by atoms with van der Waals surface area (Å²) < 4.78 is 15.2. The standard InChI is InChI=1S/C21H23FN6/c1-13-10-15(22)5-7-17(13)18-4-3-9-28-20(18)26-21(27-28)25-16-6-8-19(24-2)14(11-16)12-23/h3-5,7,9-10,12,16,23-24H,6,8,11H2,1-2H3,(H,25,27). The second-order valence-electron chi connectivity index (χ2n) is 7.07. The molecular weight excluding hydrogens is 355 g/mol. The minimum absolute atomic E-state index is 0.183. The van der Waals surface area contributed by atoms with Crippen molar-refractivity contribution < 1.29 is 4.39 Å². The van der Waals surface area contributed by atoms with Crippen LogP contribution in [0.4, 0.5) is 10.3 Å². The van der Waals surface area contributed by atoms with Crippen LogP contribution in [0, 0.1) is 18.2 Å². The third-order valence-electron chi connectivity index (χ3n) is 5.25. The number of anilines is 1. The van der Waals surface area contributed by atoms with Crippen LogP contribution in [0.3, 0.4) is 0 Å². The molecule has 1 aromatic carbocycles. The largest absolute Gasteiger partial charge is 0.391 e. The van der Waals surface area contributed by atoms with Gasteiger partial charge in [-0.05, 0) is 67.2 Å². The van der Waals surface area contributed by atoms with Crippen LogP contribution in [-0.2, 0) is 0 Å². The van der Waals surface area contributed by atoms with Gasteiger partial charge in [0.15, 0.2) is 5.65 Å². The Balaban J connectivity index is 1.64. The van der Waals surface area contributed by atoms with Gasteiger partial charge in [-0.25, -0.2) is 8.91 Å². The lowest BCUT2D eigenvalue weighted by Crippen LogP contribution is -2.28. The fraction of sp³-hybridized carbons (Fsp3) is 0.286. The van der Waals surface area contributed by atoms with E-state index >= 15 is 0 Å². The van der Waals surface area contributed by atoms with Crippen LogP contribution >= 0.6 is 0 Å². The molecule has 1 atom stereocenters. The van der Waals surface area contributed by atoms with Crippen molar-refractivity contribution in [1.29, 1.82) is 5.41 Å². The summed E-state index contributed by atoms with van der Waals surface area (Å²) in [5.41, 5.74) is 5.59. The summed E-state index contributed by atoms with van der Waals surface area (Å²) in [4.78, 5) is 4.69. The summed E-state index contributed by atoms with van der Waals surface area (Å²) in [6, 6.07) is 8.85. The fourth-order valence-corrected chi connectivity index (χ4v) is 3.81. The summed E-state index contributed by atoms with van der Waals surface area (Å²) in [7, 11) is 1.90. The number of benzene rings is 1. The zero-order valence-electron chi connectivity index (χ0n) is 16.0. The van der Waals surface area contributed by atoms with Crippen LogP contribution in [0.25, 0.3) is 16.8 Å². The van der Waals surface area contributed by atoms with E-state index in [1.807, 2.05) is 32.3 Å². The quantitative estimate of drug-likeness (QED) is 0.588. The number of halogens is 1. The number of fused-ring (bicyclic) bond motifs is 1. The van der Waals surface area contributed by atoms with Gasteiger partial charge in [-0.3, -0.25) is 0 Å². The molecule has 0 radical (unpaired) electrons. The fourth-order valence-electron chi connectivity index (χ4n) is 3.81. The first-order chi connectivity index (χ1) is 13.6. The number of hydrogen-bond donors (Lipinski definition) is 3. The third-order valence-corrected chi connectivity index (χ3v) is 5.25. The Morgan fingerprint density at radius 1 is 1.29 bits per heavy atom. The number of pyridine rings is 1. The van der Waals surface area contributed by atoms with E-state index in [9.17, 15) is 4.39 Å². The van der Waals surface area contributed by atoms with Gasteiger partial charge in [-0.2, -0.15) is 4.98 Å². The van der Waals surface area contributed by atoms with Crippen molar-refractivity contribution >= 4 is 17.8 Å². The predicted molar refractivity (Wildman–Crippen MR) is 109 cm³/mol. The van der Waals surface area contributed by atoms with E-state index in [-0.39, 0.29) is 11.9 Å². The van der Waals surface area contributed by atoms with E-state index < -0.39 is 0 Å². The molecule has 4 rings (SSSR count). The van der Waals surface area contributed by atoms with Crippen molar-refractivity contribution in [3.63, 3.8) is 0 Å². The van der Waals surface area contributed by atoms with Gasteiger partial charge in [0.25, 0.3) is 0 Å². The molecule has 0 bridgehead atoms. The van der Waals surface area contributed by atoms with Crippen LogP contribution in [0.2, 0.25) is 0 Å². The Hall–Kier alpha value is -3.22. The van der Waals surface area contributed by atoms with Crippen LogP contribution in [-0.4, -0.2) is 33.9 Å². The Morgan fingerprint density at radius 3 is 2.89 bits per heavy atom. The first-order valence-corrected chi connectivity index (χ1v) is 9.37. The SMILES string of the molecule is CNC1=C(C=N)CC(Nc2nc3c(-c4ccc(F)cc4C)cccn3n2)CC1. The average Bonchev–Trinajstić information content (AvgIpc) is 3.10. The molecule has 0 amide bonds. The zero-order valence-corrected chi connectivity index (χ0v) is 16.0. The monoisotopic (exact) mass is 378 g/mol. The number of rotatable bonds is 5. The van der Waals surface area contributed by atoms with Gasteiger partial charge in [0.1, 0.15) is 5.82 Å². The number of nitrogens with one attached hydrogen (secondary N) is 3. The molecule has 1 aliphatic rings. The second-order valence-corrected chi connectivity index (χ2v) is 7.07. The van der Waals surface area contributed by atoms with Crippen molar-refractivity contribution in [2.75, 3.05) is 12.4 Å². The van der Waals surface area contributed by atoms with Crippen molar-refractivity contribution in [1.82, 2.24) is 19.9 Å². The summed E-state index contributed by atoms with van der Waals surface area (Å²) >= 11 is 0. The maximum Gasteiger partial charge on any atom is 0.243 e. The highest BCUT2D eigenvalue weighted by Crippen LogP contribution is 2.29. The molecule has 1 unspecified atom stereocenters. The number of aryl methyl sites for hydroxylation is 1. The van der Waals surface area contributed by atoms with Crippen LogP contribution < -0.4 is 10.6 Å². The maximum absolute atomic E-state index is 13.5. The lowest BCUT2D eigenvalue weighted by atomic mass is 9.92. The van der Waals surface area contributed by atoms with Gasteiger partial charge in [0, 0.05) is 36.8 Å². The highest BCUT2D eigenvalue weighted by atomic mass is 19.1. The summed E-state index contributed by atoms with van der Waals surface area (Å²) in [6.07, 6.45) is 5.89. The lowest BCUT2D eigenvalue weighted by Gasteiger charge is -2.25. The topological polar surface area (TPSA) is 78.1 Å². The first kappa shape index (κ1) is 18.2. The highest BCUT2D eigenvalue weighted by molar-refractivity contribution is 5.80. The normalized spacial score (nSPS) is 17.0. The Morgan fingerprint density at radius 2 is 2.14 bits per heavy atom. The van der Waals surface area contributed by atoms with E-state index in [0.29, 0.717) is 5.95 Å². The van der Waals surface area contributed by atoms with Crippen LogP contribution in [0.5, 0.6) is 0 Å². The maximum atomic E-state index is 13.5. The van der Waals surface area contributed by atoms with Crippen molar-refractivity contribution in [3.05, 3.63) is 59.2 Å². The molecule has 144 valence electrons. The molecule has 1 aliphatic carbocycles. The lowest BCUT2D eigenvalue weighted by molar-refractivity contribution is 0.590. The number of nitrogens with zero attached hydrogens (tertiary/aromatic N) is 3. The Kier molecular flexibility index (Phi) is 4.81. The number of hydrogen-bond acceptors (Lipinski definition) is 5. The van der Waals surface area contributed by atoms with Gasteiger partial charge in [0.2, 0.25) is 5.95 Å². The smallest absolute Gasteiger partial charge is 0.243 e. The van der Waals surface area contributed by atoms with E-state index in [1.54, 1.807) is 10.6 Å². The minimum Gasteiger partial charge on any atom is -0.391 e. The molecule has 0 saturated carbocycles. The number of aromatic nitrogens is 3. The van der Waals surface area contributed by atoms with Gasteiger partial charge in [-0.15, -0.1) is 5.10 Å². The van der Waals surface area contributed by atoms with E-state index in [4.69, 9.17) is 10.4 Å². The highest BCUT2D eigenvalue weighted by Gasteiger charge is 2.21.